The highest BCUT2D eigenvalue weighted by Gasteiger charge is 2.64. The van der Waals surface area contributed by atoms with Crippen LogP contribution in [0.25, 0.3) is 0 Å². The fraction of sp³-hybridized carbons (Fsp3) is 0.500. The smallest absolute Gasteiger partial charge is 0.255 e. The predicted molar refractivity (Wildman–Crippen MR) is 85.2 cm³/mol. The van der Waals surface area contributed by atoms with E-state index in [0.29, 0.717) is 12.1 Å². The van der Waals surface area contributed by atoms with E-state index in [4.69, 9.17) is 25.2 Å². The normalized spacial score (nSPS) is 32.4. The van der Waals surface area contributed by atoms with Gasteiger partial charge in [-0.1, -0.05) is 11.6 Å². The summed E-state index contributed by atoms with van der Waals surface area (Å²) in [7, 11) is 0. The zero-order valence-corrected chi connectivity index (χ0v) is 14.3. The molecule has 0 radical (unpaired) electrons. The second-order valence-electron chi connectivity index (χ2n) is 6.49. The summed E-state index contributed by atoms with van der Waals surface area (Å²) in [6, 6.07) is -0.398. The van der Waals surface area contributed by atoms with Gasteiger partial charge in [0.2, 0.25) is 0 Å². The molecule has 0 aliphatic carbocycles. The molecule has 9 heteroatoms. The van der Waals surface area contributed by atoms with Crippen LogP contribution in [0.15, 0.2) is 12.1 Å². The number of rotatable bonds is 2. The van der Waals surface area contributed by atoms with E-state index in [1.807, 2.05) is 0 Å². The first-order valence-corrected chi connectivity index (χ1v) is 7.73. The Kier molecular flexibility index (Phi) is 3.24. The Balaban J connectivity index is 2.05. The van der Waals surface area contributed by atoms with Crippen molar-refractivity contribution in [3.63, 3.8) is 0 Å². The highest BCUT2D eigenvalue weighted by molar-refractivity contribution is 6.31. The number of hydrogen-bond donors (Lipinski definition) is 1. The molecule has 25 heavy (non-hydrogen) atoms. The van der Waals surface area contributed by atoms with Gasteiger partial charge in [-0.15, -0.1) is 0 Å². The van der Waals surface area contributed by atoms with Crippen molar-refractivity contribution in [3.8, 4) is 0 Å². The number of amides is 2. The Morgan fingerprint density at radius 1 is 1.36 bits per heavy atom. The minimum atomic E-state index is -3.15. The Labute approximate surface area is 152 Å². The molecular weight excluding hydrogens is 358 g/mol. The van der Waals surface area contributed by atoms with Gasteiger partial charge in [-0.25, -0.2) is 8.78 Å². The Morgan fingerprint density at radius 2 is 2.04 bits per heavy atom. The van der Waals surface area contributed by atoms with Gasteiger partial charge in [0.15, 0.2) is 11.4 Å². The Morgan fingerprint density at radius 3 is 2.68 bits per heavy atom. The van der Waals surface area contributed by atoms with Gasteiger partial charge in [-0.2, -0.15) is 0 Å². The number of anilines is 1. The van der Waals surface area contributed by atoms with Crippen LogP contribution in [0, 0.1) is 11.6 Å². The van der Waals surface area contributed by atoms with Crippen molar-refractivity contribution in [2.24, 2.45) is 0 Å². The monoisotopic (exact) mass is 377 g/mol. The number of halogens is 3. The molecule has 2 saturated heterocycles. The second-order valence-corrected chi connectivity index (χ2v) is 6.90. The molecule has 0 saturated carbocycles. The van der Waals surface area contributed by atoms with E-state index in [1.165, 1.54) is 20.8 Å². The summed E-state index contributed by atoms with van der Waals surface area (Å²) >= 11 is 5.64. The lowest BCUT2D eigenvalue weighted by Gasteiger charge is -2.26. The molecule has 6 nitrogen and oxygen atoms in total. The van der Waals surface area contributed by atoms with E-state index in [9.17, 15) is 18.4 Å². The van der Waals surface area contributed by atoms with Gasteiger partial charge >= 0.3 is 0 Å². The first-order chi connectivity index (χ1) is 12.7. The van der Waals surface area contributed by atoms with Gasteiger partial charge in [0.05, 0.1) is 10.7 Å². The van der Waals surface area contributed by atoms with Crippen LogP contribution >= 0.6 is 11.6 Å². The van der Waals surface area contributed by atoms with Crippen molar-refractivity contribution in [2.75, 3.05) is 11.9 Å². The maximum Gasteiger partial charge on any atom is 0.255 e. The van der Waals surface area contributed by atoms with Gasteiger partial charge in [0.1, 0.15) is 23.8 Å². The molecule has 1 N–H and O–H groups in total. The van der Waals surface area contributed by atoms with Crippen molar-refractivity contribution in [3.05, 3.63) is 28.8 Å². The Bertz CT molecular complexity index is 867. The van der Waals surface area contributed by atoms with Crippen molar-refractivity contribution >= 4 is 29.1 Å². The standard InChI is InChI=1S/C16H17ClF2N2O4/c1-15(2)24-12-11(20-14(23)16(12,3)25-15)13(22)21(4)10-5-7(17)8(18)6-9(10)19/h5-6,11-12H,1-4H3,(H,20,23)/t11-,12-,16-/m0/s1/i4D3. The number of nitrogens with zero attached hydrogens (tertiary/aromatic N) is 1. The quantitative estimate of drug-likeness (QED) is 0.800. The van der Waals surface area contributed by atoms with E-state index >= 15 is 0 Å². The summed E-state index contributed by atoms with van der Waals surface area (Å²) in [5.41, 5.74) is -2.29. The maximum atomic E-state index is 14.3. The van der Waals surface area contributed by atoms with E-state index < -0.39 is 64.7 Å². The van der Waals surface area contributed by atoms with Gasteiger partial charge in [0.25, 0.3) is 11.8 Å². The highest BCUT2D eigenvalue weighted by Crippen LogP contribution is 2.42. The van der Waals surface area contributed by atoms with Gasteiger partial charge < -0.3 is 19.7 Å². The molecule has 0 bridgehead atoms. The first kappa shape index (κ1) is 14.4. The van der Waals surface area contributed by atoms with Crippen LogP contribution in [0.5, 0.6) is 0 Å². The number of ether oxygens (including phenoxy) is 2. The van der Waals surface area contributed by atoms with E-state index in [1.54, 1.807) is 0 Å². The van der Waals surface area contributed by atoms with Crippen LogP contribution in [0.4, 0.5) is 14.5 Å². The lowest BCUT2D eigenvalue weighted by molar-refractivity contribution is -0.175. The van der Waals surface area contributed by atoms with Crippen LogP contribution in [-0.2, 0) is 19.1 Å². The number of carbonyl (C=O) groups excluding carboxylic acids is 2. The third-order valence-electron chi connectivity index (χ3n) is 4.17. The predicted octanol–water partition coefficient (Wildman–Crippen LogP) is 1.99. The van der Waals surface area contributed by atoms with Crippen molar-refractivity contribution in [1.82, 2.24) is 5.32 Å². The van der Waals surface area contributed by atoms with Gasteiger partial charge in [-0.3, -0.25) is 9.59 Å². The topological polar surface area (TPSA) is 67.9 Å². The molecule has 3 atom stereocenters. The second kappa shape index (κ2) is 5.62. The molecule has 3 rings (SSSR count). The fourth-order valence-electron chi connectivity index (χ4n) is 3.07. The summed E-state index contributed by atoms with van der Waals surface area (Å²) in [5.74, 6) is -5.47. The molecule has 0 spiro atoms. The molecule has 2 heterocycles. The third kappa shape index (κ3) is 2.78. The highest BCUT2D eigenvalue weighted by atomic mass is 35.5. The van der Waals surface area contributed by atoms with Crippen LogP contribution in [-0.4, -0.2) is 42.3 Å². The van der Waals surface area contributed by atoms with Gasteiger partial charge in [-0.05, 0) is 26.8 Å². The fourth-order valence-corrected chi connectivity index (χ4v) is 3.22. The molecule has 2 aliphatic rings. The number of fused-ring (bicyclic) bond motifs is 1. The van der Waals surface area contributed by atoms with E-state index in [-0.39, 0.29) is 4.90 Å². The van der Waals surface area contributed by atoms with Crippen LogP contribution in [0.1, 0.15) is 24.9 Å². The van der Waals surface area contributed by atoms with Crippen LogP contribution < -0.4 is 10.2 Å². The average Bonchev–Trinajstić information content (AvgIpc) is 2.90. The summed E-state index contributed by atoms with van der Waals surface area (Å²) in [6.45, 7) is 1.32. The third-order valence-corrected chi connectivity index (χ3v) is 4.46. The van der Waals surface area contributed by atoms with Gasteiger partial charge in [0, 0.05) is 17.2 Å². The zero-order chi connectivity index (χ0) is 21.2. The number of benzene rings is 1. The lowest BCUT2D eigenvalue weighted by atomic mass is 9.98. The number of hydrogen-bond acceptors (Lipinski definition) is 4. The van der Waals surface area contributed by atoms with Crippen LogP contribution in [0.3, 0.4) is 0 Å². The average molecular weight is 378 g/mol. The van der Waals surface area contributed by atoms with E-state index in [0.717, 1.165) is 0 Å². The molecule has 0 unspecified atom stereocenters. The minimum Gasteiger partial charge on any atom is -0.341 e. The number of likely N-dealkylation sites (N-methyl/N-ethyl adjacent to an activating group) is 1. The van der Waals surface area contributed by atoms with Crippen molar-refractivity contribution < 1.29 is 32.0 Å². The molecule has 2 aliphatic heterocycles. The van der Waals surface area contributed by atoms with E-state index in [2.05, 4.69) is 5.32 Å². The number of carbonyl (C=O) groups is 2. The summed E-state index contributed by atoms with van der Waals surface area (Å²) < 4.78 is 62.0. The molecule has 2 fully saturated rings. The summed E-state index contributed by atoms with van der Waals surface area (Å²) in [4.78, 5) is 25.6. The largest absolute Gasteiger partial charge is 0.341 e. The maximum absolute atomic E-state index is 14.3. The molecule has 0 aromatic heterocycles. The SMILES string of the molecule is [2H]C([2H])([2H])N(C(=O)[C@H]1NC(=O)[C@@]2(C)OC(C)(C)O[C@@H]12)c1cc(Cl)c(F)cc1F. The number of nitrogens with one attached hydrogen (secondary N) is 1. The minimum absolute atomic E-state index is 0.152. The summed E-state index contributed by atoms with van der Waals surface area (Å²) in [6.07, 6.45) is -1.16. The molecule has 2 amide bonds. The van der Waals surface area contributed by atoms with Crippen LogP contribution in [0.2, 0.25) is 5.02 Å². The molecule has 136 valence electrons. The molecular formula is C16H17ClF2N2O4. The molecule has 1 aromatic carbocycles. The lowest BCUT2D eigenvalue weighted by Crippen LogP contribution is -2.49. The van der Waals surface area contributed by atoms with Crippen molar-refractivity contribution in [2.45, 2.75) is 44.3 Å². The summed E-state index contributed by atoms with van der Waals surface area (Å²) in [5, 5.41) is 1.77. The molecule has 1 aromatic rings. The van der Waals surface area contributed by atoms with Crippen molar-refractivity contribution in [1.29, 1.82) is 0 Å². The Hall–Kier alpha value is -1.77. The zero-order valence-electron chi connectivity index (χ0n) is 16.5. The first-order valence-electron chi connectivity index (χ1n) is 8.85.